The van der Waals surface area contributed by atoms with Crippen LogP contribution >= 0.6 is 23.5 Å². The van der Waals surface area contributed by atoms with Crippen LogP contribution in [0.25, 0.3) is 72.0 Å². The first-order valence-corrected chi connectivity index (χ1v) is 18.9. The van der Waals surface area contributed by atoms with Gasteiger partial charge in [-0.05, 0) is 81.9 Å². The van der Waals surface area contributed by atoms with E-state index in [0.29, 0.717) is 0 Å². The predicted molar refractivity (Wildman–Crippen MR) is 217 cm³/mol. The Balaban J connectivity index is 1.24. The van der Waals surface area contributed by atoms with E-state index in [0.717, 1.165) is 0 Å². The third kappa shape index (κ3) is 5.12. The summed E-state index contributed by atoms with van der Waals surface area (Å²) < 4.78 is 2.41. The largest absolute Gasteiger partial charge is 0.309 e. The Kier molecular flexibility index (Phi) is 7.41. The summed E-state index contributed by atoms with van der Waals surface area (Å²) in [5.41, 5.74) is 13.6. The highest BCUT2D eigenvalue weighted by Gasteiger charge is 2.24. The monoisotopic (exact) mass is 685 g/mol. The molecule has 0 fully saturated rings. The highest BCUT2D eigenvalue weighted by Crippen LogP contribution is 2.53. The van der Waals surface area contributed by atoms with Crippen molar-refractivity contribution in [1.29, 1.82) is 0 Å². The molecule has 1 nitrogen and oxygen atoms in total. The van der Waals surface area contributed by atoms with E-state index in [2.05, 4.69) is 193 Å². The summed E-state index contributed by atoms with van der Waals surface area (Å²) >= 11 is 3.74. The van der Waals surface area contributed by atoms with Gasteiger partial charge in [-0.25, -0.2) is 0 Å². The third-order valence-electron chi connectivity index (χ3n) is 9.89. The van der Waals surface area contributed by atoms with Crippen LogP contribution < -0.4 is 0 Å². The third-order valence-corrected chi connectivity index (χ3v) is 12.2. The van der Waals surface area contributed by atoms with Crippen LogP contribution in [-0.2, 0) is 0 Å². The van der Waals surface area contributed by atoms with Crippen molar-refractivity contribution in [2.45, 2.75) is 19.6 Å². The number of fused-ring (bicyclic) bond motifs is 9. The van der Waals surface area contributed by atoms with Gasteiger partial charge in [0.25, 0.3) is 0 Å². The fourth-order valence-electron chi connectivity index (χ4n) is 7.64. The molecule has 1 aromatic heterocycles. The van der Waals surface area contributed by atoms with Crippen molar-refractivity contribution in [3.8, 4) is 50.2 Å². The Labute approximate surface area is 306 Å². The zero-order valence-electron chi connectivity index (χ0n) is 27.7. The lowest BCUT2D eigenvalue weighted by atomic mass is 9.93. The van der Waals surface area contributed by atoms with Gasteiger partial charge in [0.15, 0.2) is 0 Å². The van der Waals surface area contributed by atoms with Crippen LogP contribution in [0.3, 0.4) is 0 Å². The summed E-state index contributed by atoms with van der Waals surface area (Å²) in [6.07, 6.45) is 0. The topological polar surface area (TPSA) is 4.93 Å². The second kappa shape index (κ2) is 12.5. The summed E-state index contributed by atoms with van der Waals surface area (Å²) in [5, 5.41) is 2.52. The molecule has 0 aliphatic carbocycles. The molecule has 9 aromatic rings. The SMILES string of the molecule is c1ccc(-c2cccc3c2-c2ccccc2Sc2ccccc2-c2c(cccc2-c2ccc4c5ccccc5n(-c5ccccc5)c4c2)S3)cc1. The number of hydrogen-bond donors (Lipinski definition) is 0. The molecule has 10 rings (SSSR count). The van der Waals surface area contributed by atoms with E-state index < -0.39 is 0 Å². The maximum Gasteiger partial charge on any atom is 0.0547 e. The molecule has 0 amide bonds. The van der Waals surface area contributed by atoms with E-state index in [9.17, 15) is 0 Å². The lowest BCUT2D eigenvalue weighted by molar-refractivity contribution is 1.18. The fourth-order valence-corrected chi connectivity index (χ4v) is 9.91. The zero-order chi connectivity index (χ0) is 33.7. The van der Waals surface area contributed by atoms with Crippen LogP contribution in [0.1, 0.15) is 0 Å². The minimum absolute atomic E-state index is 1.17. The Hall–Kier alpha value is -5.74. The quantitative estimate of drug-likeness (QED) is 0.182. The second-order valence-corrected chi connectivity index (χ2v) is 15.0. The normalized spacial score (nSPS) is 12.2. The molecule has 1 aliphatic rings. The Morgan fingerprint density at radius 3 is 1.49 bits per heavy atom. The van der Waals surface area contributed by atoms with Gasteiger partial charge >= 0.3 is 0 Å². The maximum atomic E-state index is 2.41. The molecule has 51 heavy (non-hydrogen) atoms. The van der Waals surface area contributed by atoms with Crippen LogP contribution in [0.4, 0.5) is 0 Å². The molecule has 240 valence electrons. The first-order valence-electron chi connectivity index (χ1n) is 17.3. The molecule has 0 saturated carbocycles. The Morgan fingerprint density at radius 1 is 0.314 bits per heavy atom. The van der Waals surface area contributed by atoms with Crippen LogP contribution in [0.2, 0.25) is 0 Å². The number of para-hydroxylation sites is 2. The molecule has 1 aliphatic heterocycles. The number of hydrogen-bond acceptors (Lipinski definition) is 2. The van der Waals surface area contributed by atoms with E-state index >= 15 is 0 Å². The van der Waals surface area contributed by atoms with E-state index in [1.54, 1.807) is 0 Å². The highest BCUT2D eigenvalue weighted by molar-refractivity contribution is 8.00. The van der Waals surface area contributed by atoms with E-state index in [4.69, 9.17) is 0 Å². The molecule has 0 radical (unpaired) electrons. The van der Waals surface area contributed by atoms with E-state index in [1.807, 2.05) is 23.5 Å². The molecular formula is C48H31NS2. The molecule has 0 spiro atoms. The summed E-state index contributed by atoms with van der Waals surface area (Å²) in [6, 6.07) is 68.8. The number of benzene rings is 8. The summed E-state index contributed by atoms with van der Waals surface area (Å²) in [4.78, 5) is 5.00. The van der Waals surface area contributed by atoms with E-state index in [-0.39, 0.29) is 0 Å². The highest BCUT2D eigenvalue weighted by atomic mass is 32.2. The van der Waals surface area contributed by atoms with Crippen LogP contribution in [0.5, 0.6) is 0 Å². The van der Waals surface area contributed by atoms with Crippen LogP contribution in [-0.4, -0.2) is 4.57 Å². The smallest absolute Gasteiger partial charge is 0.0547 e. The van der Waals surface area contributed by atoms with Gasteiger partial charge in [0.05, 0.1) is 11.0 Å². The first kappa shape index (κ1) is 30.1. The van der Waals surface area contributed by atoms with Gasteiger partial charge in [0.2, 0.25) is 0 Å². The van der Waals surface area contributed by atoms with Gasteiger partial charge in [-0.1, -0.05) is 163 Å². The van der Waals surface area contributed by atoms with E-state index in [1.165, 1.54) is 91.6 Å². The molecule has 3 heteroatoms. The average Bonchev–Trinajstić information content (AvgIpc) is 3.53. The number of aromatic nitrogens is 1. The Bertz CT molecular complexity index is 2740. The summed E-state index contributed by atoms with van der Waals surface area (Å²) in [6.45, 7) is 0. The fraction of sp³-hybridized carbons (Fsp3) is 0. The first-order chi connectivity index (χ1) is 25.3. The summed E-state index contributed by atoms with van der Waals surface area (Å²) in [5.74, 6) is 0. The predicted octanol–water partition coefficient (Wildman–Crippen LogP) is 14.1. The van der Waals surface area contributed by atoms with Crippen molar-refractivity contribution in [1.82, 2.24) is 4.57 Å². The van der Waals surface area contributed by atoms with Gasteiger partial charge in [0, 0.05) is 47.2 Å². The minimum Gasteiger partial charge on any atom is -0.309 e. The van der Waals surface area contributed by atoms with Gasteiger partial charge < -0.3 is 4.57 Å². The molecule has 8 aromatic carbocycles. The minimum atomic E-state index is 1.17. The van der Waals surface area contributed by atoms with Gasteiger partial charge in [-0.15, -0.1) is 0 Å². The Morgan fingerprint density at radius 2 is 0.804 bits per heavy atom. The van der Waals surface area contributed by atoms with Crippen molar-refractivity contribution in [2.24, 2.45) is 0 Å². The van der Waals surface area contributed by atoms with Gasteiger partial charge in [0.1, 0.15) is 0 Å². The van der Waals surface area contributed by atoms with Crippen LogP contribution in [0.15, 0.2) is 208 Å². The van der Waals surface area contributed by atoms with Crippen molar-refractivity contribution >= 4 is 45.3 Å². The molecular weight excluding hydrogens is 655 g/mol. The van der Waals surface area contributed by atoms with Crippen molar-refractivity contribution in [3.63, 3.8) is 0 Å². The number of nitrogens with zero attached hydrogens (tertiary/aromatic N) is 1. The van der Waals surface area contributed by atoms with Crippen LogP contribution in [0, 0.1) is 0 Å². The molecule has 0 saturated heterocycles. The molecule has 0 atom stereocenters. The van der Waals surface area contributed by atoms with Crippen molar-refractivity contribution in [3.05, 3.63) is 188 Å². The molecule has 0 N–H and O–H groups in total. The molecule has 2 heterocycles. The second-order valence-electron chi connectivity index (χ2n) is 12.8. The lowest BCUT2D eigenvalue weighted by Crippen LogP contribution is -1.96. The molecule has 0 unspecified atom stereocenters. The van der Waals surface area contributed by atoms with Gasteiger partial charge in [-0.3, -0.25) is 0 Å². The standard InChI is InChI=1S/C48H31NS2/c1-3-15-32(16-4-1)35-22-13-27-45-47(35)39-20-8-11-25-43(39)50-44-26-12-9-21-40(44)48-36(23-14-28-46(48)51-45)33-29-30-38-37-19-7-10-24-41(37)49(42(38)31-33)34-17-5-2-6-18-34/h1-31H. The van der Waals surface area contributed by atoms with Crippen molar-refractivity contribution in [2.75, 3.05) is 0 Å². The maximum absolute atomic E-state index is 2.41. The summed E-state index contributed by atoms with van der Waals surface area (Å²) in [7, 11) is 0. The van der Waals surface area contributed by atoms with Crippen molar-refractivity contribution < 1.29 is 0 Å². The number of rotatable bonds is 3. The zero-order valence-corrected chi connectivity index (χ0v) is 29.3. The average molecular weight is 686 g/mol. The van der Waals surface area contributed by atoms with Gasteiger partial charge in [-0.2, -0.15) is 0 Å². The molecule has 0 bridgehead atoms. The lowest BCUT2D eigenvalue weighted by Gasteiger charge is -2.23.